The summed E-state index contributed by atoms with van der Waals surface area (Å²) in [6.07, 6.45) is 0.673. The summed E-state index contributed by atoms with van der Waals surface area (Å²) in [4.78, 5) is 0. The second-order valence-electron chi connectivity index (χ2n) is 4.72. The first kappa shape index (κ1) is 13.6. The number of rotatable bonds is 4. The fraction of sp³-hybridized carbons (Fsp3) is 0.250. The Morgan fingerprint density at radius 3 is 2.42 bits per heavy atom. The standard InChI is InChI=1S/C16H18FNO/c1-11-7-13(10-14(17)8-11)16(18)9-12-3-5-15(19-2)6-4-12/h3-8,10,16H,9,18H2,1-2H3. The Morgan fingerprint density at radius 2 is 1.84 bits per heavy atom. The van der Waals surface area contributed by atoms with Crippen molar-refractivity contribution in [3.05, 3.63) is 65.0 Å². The molecule has 2 aromatic carbocycles. The zero-order valence-corrected chi connectivity index (χ0v) is 11.2. The summed E-state index contributed by atoms with van der Waals surface area (Å²) < 4.78 is 18.5. The zero-order chi connectivity index (χ0) is 13.8. The smallest absolute Gasteiger partial charge is 0.123 e. The van der Waals surface area contributed by atoms with Gasteiger partial charge < -0.3 is 10.5 Å². The Bertz CT molecular complexity index is 531. The fourth-order valence-corrected chi connectivity index (χ4v) is 2.11. The van der Waals surface area contributed by atoms with Gasteiger partial charge in [-0.15, -0.1) is 0 Å². The molecule has 0 fully saturated rings. The summed E-state index contributed by atoms with van der Waals surface area (Å²) in [5, 5.41) is 0. The van der Waals surface area contributed by atoms with Crippen molar-refractivity contribution in [2.24, 2.45) is 5.73 Å². The molecule has 0 bridgehead atoms. The van der Waals surface area contributed by atoms with E-state index in [0.717, 1.165) is 22.4 Å². The Kier molecular flexibility index (Phi) is 4.17. The van der Waals surface area contributed by atoms with Gasteiger partial charge in [0, 0.05) is 6.04 Å². The van der Waals surface area contributed by atoms with E-state index in [9.17, 15) is 4.39 Å². The number of hydrogen-bond donors (Lipinski definition) is 1. The highest BCUT2D eigenvalue weighted by atomic mass is 19.1. The zero-order valence-electron chi connectivity index (χ0n) is 11.2. The third kappa shape index (κ3) is 3.55. The number of halogens is 1. The van der Waals surface area contributed by atoms with Crippen LogP contribution in [0.3, 0.4) is 0 Å². The molecule has 0 aliphatic heterocycles. The molecular weight excluding hydrogens is 241 g/mol. The molecule has 0 saturated heterocycles. The molecule has 2 nitrogen and oxygen atoms in total. The third-order valence-electron chi connectivity index (χ3n) is 3.11. The maximum atomic E-state index is 13.4. The number of hydrogen-bond acceptors (Lipinski definition) is 2. The molecule has 1 atom stereocenters. The van der Waals surface area contributed by atoms with E-state index in [-0.39, 0.29) is 11.9 Å². The summed E-state index contributed by atoms with van der Waals surface area (Å²) in [5.74, 6) is 0.583. The molecule has 19 heavy (non-hydrogen) atoms. The first-order valence-electron chi connectivity index (χ1n) is 6.24. The van der Waals surface area contributed by atoms with Gasteiger partial charge >= 0.3 is 0 Å². The fourth-order valence-electron chi connectivity index (χ4n) is 2.11. The van der Waals surface area contributed by atoms with Crippen molar-refractivity contribution in [1.29, 1.82) is 0 Å². The minimum absolute atomic E-state index is 0.206. The lowest BCUT2D eigenvalue weighted by Gasteiger charge is -2.13. The SMILES string of the molecule is COc1ccc(CC(N)c2cc(C)cc(F)c2)cc1. The average Bonchev–Trinajstić information content (AvgIpc) is 2.38. The molecule has 100 valence electrons. The molecule has 0 spiro atoms. The van der Waals surface area contributed by atoms with Crippen LogP contribution in [-0.4, -0.2) is 7.11 Å². The maximum Gasteiger partial charge on any atom is 0.123 e. The normalized spacial score (nSPS) is 12.2. The minimum Gasteiger partial charge on any atom is -0.497 e. The highest BCUT2D eigenvalue weighted by molar-refractivity contribution is 5.31. The van der Waals surface area contributed by atoms with E-state index in [4.69, 9.17) is 10.5 Å². The van der Waals surface area contributed by atoms with Crippen LogP contribution in [0.4, 0.5) is 4.39 Å². The van der Waals surface area contributed by atoms with Gasteiger partial charge in [0.05, 0.1) is 7.11 Å². The van der Waals surface area contributed by atoms with Crippen LogP contribution < -0.4 is 10.5 Å². The molecule has 0 radical (unpaired) electrons. The van der Waals surface area contributed by atoms with Gasteiger partial charge in [-0.3, -0.25) is 0 Å². The summed E-state index contributed by atoms with van der Waals surface area (Å²) in [7, 11) is 1.64. The molecule has 1 unspecified atom stereocenters. The van der Waals surface area contributed by atoms with E-state index in [1.165, 1.54) is 12.1 Å². The van der Waals surface area contributed by atoms with Crippen LogP contribution in [0.2, 0.25) is 0 Å². The van der Waals surface area contributed by atoms with Gasteiger partial charge in [0.25, 0.3) is 0 Å². The highest BCUT2D eigenvalue weighted by Gasteiger charge is 2.09. The largest absolute Gasteiger partial charge is 0.497 e. The molecule has 0 amide bonds. The van der Waals surface area contributed by atoms with Crippen LogP contribution in [0.25, 0.3) is 0 Å². The second kappa shape index (κ2) is 5.85. The average molecular weight is 259 g/mol. The van der Waals surface area contributed by atoms with Gasteiger partial charge in [-0.2, -0.15) is 0 Å². The first-order chi connectivity index (χ1) is 9.08. The number of methoxy groups -OCH3 is 1. The van der Waals surface area contributed by atoms with Gasteiger partial charge in [0.15, 0.2) is 0 Å². The Balaban J connectivity index is 2.13. The van der Waals surface area contributed by atoms with Crippen molar-refractivity contribution in [2.75, 3.05) is 7.11 Å². The van der Waals surface area contributed by atoms with Gasteiger partial charge in [0.2, 0.25) is 0 Å². The van der Waals surface area contributed by atoms with Crippen LogP contribution in [0.15, 0.2) is 42.5 Å². The lowest BCUT2D eigenvalue weighted by Crippen LogP contribution is -2.13. The molecule has 0 aromatic heterocycles. The van der Waals surface area contributed by atoms with Crippen LogP contribution in [0.5, 0.6) is 5.75 Å². The maximum absolute atomic E-state index is 13.4. The van der Waals surface area contributed by atoms with E-state index in [0.29, 0.717) is 6.42 Å². The Hall–Kier alpha value is -1.87. The molecule has 2 aromatic rings. The number of aryl methyl sites for hydroxylation is 1. The lowest BCUT2D eigenvalue weighted by molar-refractivity contribution is 0.414. The predicted octanol–water partition coefficient (Wildman–Crippen LogP) is 3.39. The van der Waals surface area contributed by atoms with Crippen LogP contribution in [0.1, 0.15) is 22.7 Å². The molecule has 2 rings (SSSR count). The van der Waals surface area contributed by atoms with Gasteiger partial charge in [-0.05, 0) is 54.3 Å². The molecule has 2 N–H and O–H groups in total. The van der Waals surface area contributed by atoms with Crippen molar-refractivity contribution < 1.29 is 9.13 Å². The number of nitrogens with two attached hydrogens (primary N) is 1. The van der Waals surface area contributed by atoms with Gasteiger partial charge in [-0.25, -0.2) is 4.39 Å². The van der Waals surface area contributed by atoms with Gasteiger partial charge in [-0.1, -0.05) is 18.2 Å². The van der Waals surface area contributed by atoms with Crippen LogP contribution in [-0.2, 0) is 6.42 Å². The van der Waals surface area contributed by atoms with Crippen molar-refractivity contribution in [2.45, 2.75) is 19.4 Å². The number of benzene rings is 2. The summed E-state index contributed by atoms with van der Waals surface area (Å²) in [5.41, 5.74) is 8.96. The third-order valence-corrected chi connectivity index (χ3v) is 3.11. The van der Waals surface area contributed by atoms with Crippen molar-refractivity contribution in [3.8, 4) is 5.75 Å². The first-order valence-corrected chi connectivity index (χ1v) is 6.24. The van der Waals surface area contributed by atoms with E-state index in [2.05, 4.69) is 0 Å². The Labute approximate surface area is 113 Å². The molecule has 0 aliphatic rings. The van der Waals surface area contributed by atoms with Crippen LogP contribution in [0, 0.1) is 12.7 Å². The second-order valence-corrected chi connectivity index (χ2v) is 4.72. The highest BCUT2D eigenvalue weighted by Crippen LogP contribution is 2.20. The van der Waals surface area contributed by atoms with E-state index in [1.807, 2.05) is 37.3 Å². The van der Waals surface area contributed by atoms with E-state index < -0.39 is 0 Å². The Morgan fingerprint density at radius 1 is 1.16 bits per heavy atom. The van der Waals surface area contributed by atoms with Crippen LogP contribution >= 0.6 is 0 Å². The minimum atomic E-state index is -0.236. The molecule has 3 heteroatoms. The lowest BCUT2D eigenvalue weighted by atomic mass is 9.98. The van der Waals surface area contributed by atoms with E-state index in [1.54, 1.807) is 7.11 Å². The molecule has 0 aliphatic carbocycles. The summed E-state index contributed by atoms with van der Waals surface area (Å²) >= 11 is 0. The predicted molar refractivity (Wildman–Crippen MR) is 74.8 cm³/mol. The summed E-state index contributed by atoms with van der Waals surface area (Å²) in [6, 6.07) is 12.5. The van der Waals surface area contributed by atoms with Gasteiger partial charge in [0.1, 0.15) is 11.6 Å². The van der Waals surface area contributed by atoms with E-state index >= 15 is 0 Å². The van der Waals surface area contributed by atoms with Crippen molar-refractivity contribution in [1.82, 2.24) is 0 Å². The van der Waals surface area contributed by atoms with Crippen molar-refractivity contribution >= 4 is 0 Å². The molecule has 0 heterocycles. The topological polar surface area (TPSA) is 35.2 Å². The molecular formula is C16H18FNO. The quantitative estimate of drug-likeness (QED) is 0.913. The number of ether oxygens (including phenoxy) is 1. The monoisotopic (exact) mass is 259 g/mol. The van der Waals surface area contributed by atoms with Crippen molar-refractivity contribution in [3.63, 3.8) is 0 Å². The molecule has 0 saturated carbocycles. The summed E-state index contributed by atoms with van der Waals surface area (Å²) in [6.45, 7) is 1.87.